The maximum absolute atomic E-state index is 13.3. The molecule has 178 valence electrons. The lowest BCUT2D eigenvalue weighted by Gasteiger charge is -2.35. The molecule has 5 rings (SSSR count). The fourth-order valence-corrected chi connectivity index (χ4v) is 5.55. The maximum atomic E-state index is 13.3. The van der Waals surface area contributed by atoms with Crippen LogP contribution in [0.1, 0.15) is 10.4 Å². The molecule has 10 heteroatoms. The van der Waals surface area contributed by atoms with E-state index in [-0.39, 0.29) is 10.5 Å². The van der Waals surface area contributed by atoms with Gasteiger partial charge in [0.05, 0.1) is 16.3 Å². The second-order valence-electron chi connectivity index (χ2n) is 8.07. The summed E-state index contributed by atoms with van der Waals surface area (Å²) < 4.78 is 29.7. The van der Waals surface area contributed by atoms with Gasteiger partial charge in [0.1, 0.15) is 12.7 Å². The second kappa shape index (κ2) is 9.69. The van der Waals surface area contributed by atoms with Crippen molar-refractivity contribution in [2.24, 2.45) is 0 Å². The van der Waals surface area contributed by atoms with Crippen molar-refractivity contribution < 1.29 is 13.2 Å². The predicted octanol–water partition coefficient (Wildman–Crippen LogP) is 3.03. The van der Waals surface area contributed by atoms with Crippen molar-refractivity contribution in [2.45, 2.75) is 4.90 Å². The lowest BCUT2D eigenvalue weighted by Crippen LogP contribution is -2.48. The Morgan fingerprint density at radius 2 is 1.60 bits per heavy atom. The molecule has 2 heterocycles. The molecule has 0 saturated carbocycles. The lowest BCUT2D eigenvalue weighted by atomic mass is 10.2. The number of carbonyl (C=O) groups excluding carboxylic acids is 1. The van der Waals surface area contributed by atoms with Gasteiger partial charge in [0.2, 0.25) is 10.0 Å². The van der Waals surface area contributed by atoms with Gasteiger partial charge in [-0.15, -0.1) is 0 Å². The first-order chi connectivity index (χ1) is 17.0. The molecule has 0 unspecified atom stereocenters. The van der Waals surface area contributed by atoms with Crippen LogP contribution in [0.2, 0.25) is 0 Å². The van der Waals surface area contributed by atoms with Crippen LogP contribution in [0.25, 0.3) is 5.69 Å². The molecule has 0 aliphatic carbocycles. The lowest BCUT2D eigenvalue weighted by molar-refractivity contribution is 0.102. The molecule has 4 aromatic rings. The Kier molecular flexibility index (Phi) is 6.30. The molecule has 35 heavy (non-hydrogen) atoms. The average molecular weight is 489 g/mol. The molecular weight excluding hydrogens is 464 g/mol. The molecule has 0 atom stereocenters. The number of amides is 1. The van der Waals surface area contributed by atoms with Gasteiger partial charge in [-0.3, -0.25) is 4.79 Å². The van der Waals surface area contributed by atoms with E-state index in [0.717, 1.165) is 5.69 Å². The first kappa shape index (κ1) is 22.8. The van der Waals surface area contributed by atoms with Crippen molar-refractivity contribution >= 4 is 27.3 Å². The normalized spacial score (nSPS) is 14.6. The van der Waals surface area contributed by atoms with Crippen LogP contribution in [0.3, 0.4) is 0 Å². The summed E-state index contributed by atoms with van der Waals surface area (Å²) in [6.45, 7) is 1.95. The number of anilines is 2. The molecule has 1 aliphatic rings. The summed E-state index contributed by atoms with van der Waals surface area (Å²) in [7, 11) is -3.74. The van der Waals surface area contributed by atoms with Crippen molar-refractivity contribution in [3.05, 3.63) is 97.1 Å². The van der Waals surface area contributed by atoms with Crippen LogP contribution >= 0.6 is 0 Å². The zero-order chi connectivity index (χ0) is 24.3. The van der Waals surface area contributed by atoms with Gasteiger partial charge in [-0.1, -0.05) is 36.4 Å². The number of sulfonamides is 1. The molecule has 1 fully saturated rings. The maximum Gasteiger partial charge on any atom is 0.255 e. The highest BCUT2D eigenvalue weighted by atomic mass is 32.2. The third-order valence-electron chi connectivity index (χ3n) is 5.91. The van der Waals surface area contributed by atoms with Crippen LogP contribution in [-0.4, -0.2) is 59.6 Å². The van der Waals surface area contributed by atoms with Gasteiger partial charge in [-0.05, 0) is 42.5 Å². The van der Waals surface area contributed by atoms with Crippen molar-refractivity contribution in [3.63, 3.8) is 0 Å². The minimum absolute atomic E-state index is 0.0999. The summed E-state index contributed by atoms with van der Waals surface area (Å²) in [4.78, 5) is 19.2. The highest BCUT2D eigenvalue weighted by molar-refractivity contribution is 7.89. The third-order valence-corrected chi connectivity index (χ3v) is 7.81. The van der Waals surface area contributed by atoms with Crippen molar-refractivity contribution in [2.75, 3.05) is 36.4 Å². The molecule has 9 nitrogen and oxygen atoms in total. The van der Waals surface area contributed by atoms with Crippen molar-refractivity contribution in [1.29, 1.82) is 0 Å². The van der Waals surface area contributed by atoms with E-state index in [1.807, 2.05) is 36.4 Å². The molecule has 0 radical (unpaired) electrons. The van der Waals surface area contributed by atoms with Crippen molar-refractivity contribution in [1.82, 2.24) is 19.1 Å². The Balaban J connectivity index is 1.31. The SMILES string of the molecule is O=C(Nc1ccccc1-n1cncn1)c1cccc(S(=O)(=O)N2CCN(c3ccccc3)CC2)c1. The number of carbonyl (C=O) groups is 1. The minimum atomic E-state index is -3.74. The Morgan fingerprint density at radius 3 is 2.34 bits per heavy atom. The van der Waals surface area contributed by atoms with Gasteiger partial charge in [0.25, 0.3) is 5.91 Å². The number of para-hydroxylation sites is 3. The quantitative estimate of drug-likeness (QED) is 0.448. The Hall–Kier alpha value is -4.02. The van der Waals surface area contributed by atoms with Gasteiger partial charge in [-0.2, -0.15) is 9.40 Å². The molecule has 1 aliphatic heterocycles. The summed E-state index contributed by atoms with van der Waals surface area (Å²) >= 11 is 0. The van der Waals surface area contributed by atoms with E-state index in [1.54, 1.807) is 35.0 Å². The van der Waals surface area contributed by atoms with Crippen LogP contribution in [-0.2, 0) is 10.0 Å². The Labute approximate surface area is 203 Å². The standard InChI is InChI=1S/C25H24N6O3S/c32-25(28-23-11-4-5-12-24(23)31-19-26-18-27-31)20-7-6-10-22(17-20)35(33,34)30-15-13-29(14-16-30)21-8-2-1-3-9-21/h1-12,17-19H,13-16H2,(H,28,32). The predicted molar refractivity (Wildman–Crippen MR) is 133 cm³/mol. The third kappa shape index (κ3) is 4.79. The zero-order valence-electron chi connectivity index (χ0n) is 18.9. The van der Waals surface area contributed by atoms with E-state index in [1.165, 1.54) is 29.1 Å². The smallest absolute Gasteiger partial charge is 0.255 e. The van der Waals surface area contributed by atoms with Gasteiger partial charge in [0.15, 0.2) is 0 Å². The number of piperazine rings is 1. The number of aromatic nitrogens is 3. The number of hydrogen-bond donors (Lipinski definition) is 1. The molecule has 1 saturated heterocycles. The molecule has 0 bridgehead atoms. The van der Waals surface area contributed by atoms with E-state index < -0.39 is 15.9 Å². The Bertz CT molecular complexity index is 1420. The second-order valence-corrected chi connectivity index (χ2v) is 10.0. The van der Waals surface area contributed by atoms with Gasteiger partial charge >= 0.3 is 0 Å². The topological polar surface area (TPSA) is 100 Å². The molecule has 0 spiro atoms. The van der Waals surface area contributed by atoms with E-state index in [4.69, 9.17) is 0 Å². The first-order valence-corrected chi connectivity index (χ1v) is 12.6. The fourth-order valence-electron chi connectivity index (χ4n) is 4.08. The average Bonchev–Trinajstić information content (AvgIpc) is 3.45. The number of rotatable bonds is 6. The summed E-state index contributed by atoms with van der Waals surface area (Å²) in [5, 5.41) is 6.97. The zero-order valence-corrected chi connectivity index (χ0v) is 19.7. The van der Waals surface area contributed by atoms with Crippen LogP contribution < -0.4 is 10.2 Å². The molecule has 1 amide bonds. The fraction of sp³-hybridized carbons (Fsp3) is 0.160. The largest absolute Gasteiger partial charge is 0.369 e. The summed E-state index contributed by atoms with van der Waals surface area (Å²) in [6.07, 6.45) is 2.95. The highest BCUT2D eigenvalue weighted by Gasteiger charge is 2.29. The van der Waals surface area contributed by atoms with Gasteiger partial charge in [0, 0.05) is 37.4 Å². The van der Waals surface area contributed by atoms with Crippen LogP contribution in [0.15, 0.2) is 96.4 Å². The van der Waals surface area contributed by atoms with E-state index >= 15 is 0 Å². The molecule has 1 aromatic heterocycles. The monoisotopic (exact) mass is 488 g/mol. The summed E-state index contributed by atoms with van der Waals surface area (Å²) in [5.74, 6) is -0.413. The molecular formula is C25H24N6O3S. The van der Waals surface area contributed by atoms with Crippen molar-refractivity contribution in [3.8, 4) is 5.69 Å². The highest BCUT2D eigenvalue weighted by Crippen LogP contribution is 2.23. The van der Waals surface area contributed by atoms with Crippen LogP contribution in [0, 0.1) is 0 Å². The number of nitrogens with zero attached hydrogens (tertiary/aromatic N) is 5. The summed E-state index contributed by atoms with van der Waals surface area (Å²) in [6, 6.07) is 23.3. The number of benzene rings is 3. The van der Waals surface area contributed by atoms with E-state index in [2.05, 4.69) is 20.3 Å². The van der Waals surface area contributed by atoms with Crippen LogP contribution in [0.4, 0.5) is 11.4 Å². The van der Waals surface area contributed by atoms with E-state index in [9.17, 15) is 13.2 Å². The number of nitrogens with one attached hydrogen (secondary N) is 1. The van der Waals surface area contributed by atoms with Gasteiger partial charge in [-0.25, -0.2) is 18.1 Å². The molecule has 3 aromatic carbocycles. The summed E-state index contributed by atoms with van der Waals surface area (Å²) in [5.41, 5.74) is 2.52. The Morgan fingerprint density at radius 1 is 0.857 bits per heavy atom. The number of hydrogen-bond acceptors (Lipinski definition) is 6. The minimum Gasteiger partial charge on any atom is -0.369 e. The van der Waals surface area contributed by atoms with Gasteiger partial charge < -0.3 is 10.2 Å². The van der Waals surface area contributed by atoms with Crippen LogP contribution in [0.5, 0.6) is 0 Å². The first-order valence-electron chi connectivity index (χ1n) is 11.2. The molecule has 1 N–H and O–H groups in total. The van der Waals surface area contributed by atoms with E-state index in [0.29, 0.717) is 37.6 Å².